The van der Waals surface area contributed by atoms with Gasteiger partial charge in [-0.1, -0.05) is 42.1 Å². The Kier molecular flexibility index (Phi) is 5.80. The fourth-order valence-corrected chi connectivity index (χ4v) is 3.06. The van der Waals surface area contributed by atoms with Crippen molar-refractivity contribution >= 4 is 29.4 Å². The molecule has 9 heteroatoms. The molecule has 0 radical (unpaired) electrons. The van der Waals surface area contributed by atoms with Crippen molar-refractivity contribution in [1.29, 1.82) is 0 Å². The Bertz CT molecular complexity index is 865. The summed E-state index contributed by atoms with van der Waals surface area (Å²) >= 11 is 1.24. The lowest BCUT2D eigenvalue weighted by Crippen LogP contribution is -2.34. The lowest BCUT2D eigenvalue weighted by Gasteiger charge is -2.22. The number of carbonyl (C=O) groups excluding carboxylic acids is 2. The van der Waals surface area contributed by atoms with Crippen molar-refractivity contribution in [3.8, 4) is 0 Å². The van der Waals surface area contributed by atoms with Crippen molar-refractivity contribution in [3.05, 3.63) is 54.4 Å². The van der Waals surface area contributed by atoms with Gasteiger partial charge in [-0.3, -0.25) is 9.59 Å². The zero-order valence-corrected chi connectivity index (χ0v) is 14.8. The molecule has 2 amide bonds. The SMILES string of the molecule is NC(=O)CCN(Cc1ccccc1)C(=O)CSc1nc2ncccn2n1. The van der Waals surface area contributed by atoms with E-state index < -0.39 is 5.91 Å². The Labute approximate surface area is 154 Å². The van der Waals surface area contributed by atoms with E-state index >= 15 is 0 Å². The molecule has 8 nitrogen and oxygen atoms in total. The highest BCUT2D eigenvalue weighted by molar-refractivity contribution is 7.99. The minimum atomic E-state index is -0.434. The molecule has 26 heavy (non-hydrogen) atoms. The maximum atomic E-state index is 12.6. The number of fused-ring (bicyclic) bond motifs is 1. The van der Waals surface area contributed by atoms with Crippen LogP contribution in [0.25, 0.3) is 5.78 Å². The fraction of sp³-hybridized carbons (Fsp3) is 0.235. The Balaban J connectivity index is 1.64. The van der Waals surface area contributed by atoms with Gasteiger partial charge in [0.1, 0.15) is 0 Å². The average Bonchev–Trinajstić information content (AvgIpc) is 3.07. The quantitative estimate of drug-likeness (QED) is 0.596. The zero-order valence-electron chi connectivity index (χ0n) is 14.0. The fourth-order valence-electron chi connectivity index (χ4n) is 2.33. The van der Waals surface area contributed by atoms with Crippen LogP contribution in [0.2, 0.25) is 0 Å². The number of aromatic nitrogens is 4. The molecular weight excluding hydrogens is 352 g/mol. The first kappa shape index (κ1) is 17.9. The van der Waals surface area contributed by atoms with E-state index in [1.165, 1.54) is 11.8 Å². The summed E-state index contributed by atoms with van der Waals surface area (Å²) in [6.07, 6.45) is 3.50. The molecule has 2 heterocycles. The molecular formula is C17H18N6O2S. The molecule has 0 saturated heterocycles. The van der Waals surface area contributed by atoms with E-state index in [0.717, 1.165) is 5.56 Å². The van der Waals surface area contributed by atoms with E-state index in [9.17, 15) is 9.59 Å². The third-order valence-electron chi connectivity index (χ3n) is 3.62. The van der Waals surface area contributed by atoms with E-state index in [0.29, 0.717) is 17.5 Å². The smallest absolute Gasteiger partial charge is 0.253 e. The standard InChI is InChI=1S/C17H18N6O2S/c18-14(24)7-10-22(11-13-5-2-1-3-6-13)15(25)12-26-17-20-16-19-8-4-9-23(16)21-17/h1-6,8-9H,7,10-12H2,(H2,18,24). The van der Waals surface area contributed by atoms with Gasteiger partial charge in [0.25, 0.3) is 5.78 Å². The van der Waals surface area contributed by atoms with Crippen LogP contribution in [0.4, 0.5) is 0 Å². The Morgan fingerprint density at radius 2 is 2.00 bits per heavy atom. The van der Waals surface area contributed by atoms with Crippen LogP contribution >= 0.6 is 11.8 Å². The minimum absolute atomic E-state index is 0.105. The predicted molar refractivity (Wildman–Crippen MR) is 97.2 cm³/mol. The van der Waals surface area contributed by atoms with Gasteiger partial charge < -0.3 is 10.6 Å². The van der Waals surface area contributed by atoms with Crippen molar-refractivity contribution in [3.63, 3.8) is 0 Å². The highest BCUT2D eigenvalue weighted by atomic mass is 32.2. The predicted octanol–water partition coefficient (Wildman–Crippen LogP) is 1.12. The normalized spacial score (nSPS) is 10.8. The molecule has 134 valence electrons. The highest BCUT2D eigenvalue weighted by Gasteiger charge is 2.16. The van der Waals surface area contributed by atoms with Gasteiger partial charge in [0.15, 0.2) is 0 Å². The summed E-state index contributed by atoms with van der Waals surface area (Å²) in [6.45, 7) is 0.706. The summed E-state index contributed by atoms with van der Waals surface area (Å²) in [7, 11) is 0. The first-order valence-electron chi connectivity index (χ1n) is 8.02. The number of nitrogens with zero attached hydrogens (tertiary/aromatic N) is 5. The number of rotatable bonds is 8. The highest BCUT2D eigenvalue weighted by Crippen LogP contribution is 2.15. The van der Waals surface area contributed by atoms with Crippen molar-refractivity contribution < 1.29 is 9.59 Å². The Hall–Kier alpha value is -2.94. The summed E-state index contributed by atoms with van der Waals surface area (Å²) in [6, 6.07) is 11.4. The maximum Gasteiger partial charge on any atom is 0.253 e. The van der Waals surface area contributed by atoms with E-state index in [1.807, 2.05) is 30.3 Å². The van der Waals surface area contributed by atoms with Crippen molar-refractivity contribution in [2.45, 2.75) is 18.1 Å². The Morgan fingerprint density at radius 1 is 1.19 bits per heavy atom. The zero-order chi connectivity index (χ0) is 18.4. The van der Waals surface area contributed by atoms with Gasteiger partial charge >= 0.3 is 0 Å². The molecule has 2 N–H and O–H groups in total. The van der Waals surface area contributed by atoms with Gasteiger partial charge in [0.2, 0.25) is 17.0 Å². The van der Waals surface area contributed by atoms with Gasteiger partial charge in [-0.05, 0) is 11.6 Å². The summed E-state index contributed by atoms with van der Waals surface area (Å²) in [5, 5.41) is 4.74. The number of amides is 2. The molecule has 2 aromatic heterocycles. The summed E-state index contributed by atoms with van der Waals surface area (Å²) < 4.78 is 1.56. The maximum absolute atomic E-state index is 12.6. The third-order valence-corrected chi connectivity index (χ3v) is 4.44. The number of nitrogens with two attached hydrogens (primary N) is 1. The number of thioether (sulfide) groups is 1. The summed E-state index contributed by atoms with van der Waals surface area (Å²) in [5.74, 6) is 0.114. The number of hydrogen-bond acceptors (Lipinski definition) is 6. The van der Waals surface area contributed by atoms with Gasteiger partial charge in [-0.25, -0.2) is 9.50 Å². The molecule has 0 aliphatic carbocycles. The molecule has 0 atom stereocenters. The number of carbonyl (C=O) groups is 2. The topological polar surface area (TPSA) is 106 Å². The number of primary amides is 1. The monoisotopic (exact) mass is 370 g/mol. The van der Waals surface area contributed by atoms with Crippen molar-refractivity contribution in [1.82, 2.24) is 24.5 Å². The Morgan fingerprint density at radius 3 is 2.73 bits per heavy atom. The van der Waals surface area contributed by atoms with Crippen LogP contribution in [-0.4, -0.2) is 48.6 Å². The van der Waals surface area contributed by atoms with Crippen LogP contribution in [0.5, 0.6) is 0 Å². The molecule has 0 unspecified atom stereocenters. The molecule has 3 aromatic rings. The van der Waals surface area contributed by atoms with Crippen molar-refractivity contribution in [2.75, 3.05) is 12.3 Å². The molecule has 0 spiro atoms. The molecule has 0 aliphatic heterocycles. The van der Waals surface area contributed by atoms with Gasteiger partial charge in [0.05, 0.1) is 5.75 Å². The van der Waals surface area contributed by atoms with Crippen LogP contribution in [-0.2, 0) is 16.1 Å². The largest absolute Gasteiger partial charge is 0.370 e. The second-order valence-electron chi connectivity index (χ2n) is 5.56. The molecule has 0 fully saturated rings. The first-order valence-corrected chi connectivity index (χ1v) is 9.00. The van der Waals surface area contributed by atoms with Gasteiger partial charge in [-0.15, -0.1) is 5.10 Å². The number of hydrogen-bond donors (Lipinski definition) is 1. The van der Waals surface area contributed by atoms with Gasteiger partial charge in [-0.2, -0.15) is 4.98 Å². The minimum Gasteiger partial charge on any atom is -0.370 e. The van der Waals surface area contributed by atoms with E-state index in [1.54, 1.807) is 27.9 Å². The van der Waals surface area contributed by atoms with E-state index in [-0.39, 0.29) is 24.6 Å². The first-order chi connectivity index (χ1) is 12.6. The molecule has 1 aromatic carbocycles. The molecule has 0 bridgehead atoms. The van der Waals surface area contributed by atoms with Crippen LogP contribution in [0.3, 0.4) is 0 Å². The number of benzene rings is 1. The van der Waals surface area contributed by atoms with Crippen LogP contribution in [0, 0.1) is 0 Å². The summed E-state index contributed by atoms with van der Waals surface area (Å²) in [5.41, 5.74) is 6.22. The molecule has 0 aliphatic rings. The van der Waals surface area contributed by atoms with Crippen LogP contribution < -0.4 is 5.73 Å². The van der Waals surface area contributed by atoms with Crippen LogP contribution in [0.15, 0.2) is 53.9 Å². The molecule has 3 rings (SSSR count). The lowest BCUT2D eigenvalue weighted by molar-refractivity contribution is -0.129. The lowest BCUT2D eigenvalue weighted by atomic mass is 10.2. The van der Waals surface area contributed by atoms with Gasteiger partial charge in [0, 0.05) is 31.9 Å². The second kappa shape index (κ2) is 8.43. The van der Waals surface area contributed by atoms with E-state index in [2.05, 4.69) is 15.1 Å². The average molecular weight is 370 g/mol. The summed E-state index contributed by atoms with van der Waals surface area (Å²) in [4.78, 5) is 33.7. The third kappa shape index (κ3) is 4.79. The van der Waals surface area contributed by atoms with Crippen molar-refractivity contribution in [2.24, 2.45) is 5.73 Å². The second-order valence-corrected chi connectivity index (χ2v) is 6.51. The van der Waals surface area contributed by atoms with Crippen LogP contribution in [0.1, 0.15) is 12.0 Å². The molecule has 0 saturated carbocycles. The van der Waals surface area contributed by atoms with E-state index in [4.69, 9.17) is 5.73 Å².